The van der Waals surface area contributed by atoms with Gasteiger partial charge in [0, 0.05) is 12.1 Å². The number of phenols is 1. The second-order valence-electron chi connectivity index (χ2n) is 6.70. The molecule has 0 aromatic heterocycles. The fourth-order valence-corrected chi connectivity index (χ4v) is 2.79. The Bertz CT molecular complexity index is 548. The Morgan fingerprint density at radius 1 is 1.36 bits per heavy atom. The SMILES string of the molecule is CCCCCC(C)Oc1cc(O)c2c(c1)OC(C)(C)CC2=O. The highest BCUT2D eigenvalue weighted by Crippen LogP contribution is 2.41. The van der Waals surface area contributed by atoms with E-state index in [1.165, 1.54) is 18.9 Å². The molecule has 1 aliphatic heterocycles. The molecule has 2 rings (SSSR count). The van der Waals surface area contributed by atoms with E-state index in [1.807, 2.05) is 20.8 Å². The molecule has 0 fully saturated rings. The number of unbranched alkanes of at least 4 members (excludes halogenated alkanes) is 2. The van der Waals surface area contributed by atoms with Crippen molar-refractivity contribution in [2.45, 2.75) is 71.5 Å². The quantitative estimate of drug-likeness (QED) is 0.787. The minimum absolute atomic E-state index is 0.0613. The molecule has 122 valence electrons. The van der Waals surface area contributed by atoms with Gasteiger partial charge in [-0.3, -0.25) is 4.79 Å². The minimum atomic E-state index is -0.554. The number of rotatable bonds is 6. The molecular weight excluding hydrogens is 280 g/mol. The summed E-state index contributed by atoms with van der Waals surface area (Å²) in [6.45, 7) is 7.92. The summed E-state index contributed by atoms with van der Waals surface area (Å²) < 4.78 is 11.7. The van der Waals surface area contributed by atoms with Crippen molar-refractivity contribution in [2.75, 3.05) is 0 Å². The van der Waals surface area contributed by atoms with Crippen molar-refractivity contribution >= 4 is 5.78 Å². The van der Waals surface area contributed by atoms with Gasteiger partial charge in [-0.1, -0.05) is 19.8 Å². The van der Waals surface area contributed by atoms with E-state index in [0.29, 0.717) is 11.5 Å². The summed E-state index contributed by atoms with van der Waals surface area (Å²) in [6.07, 6.45) is 4.79. The number of benzene rings is 1. The van der Waals surface area contributed by atoms with E-state index in [9.17, 15) is 9.90 Å². The predicted molar refractivity (Wildman–Crippen MR) is 86.0 cm³/mol. The number of phenolic OH excluding ortho intramolecular Hbond substituents is 1. The summed E-state index contributed by atoms with van der Waals surface area (Å²) in [6, 6.07) is 3.22. The lowest BCUT2D eigenvalue weighted by atomic mass is 9.92. The molecule has 1 atom stereocenters. The van der Waals surface area contributed by atoms with Gasteiger partial charge in [-0.05, 0) is 33.6 Å². The van der Waals surface area contributed by atoms with Gasteiger partial charge in [-0.15, -0.1) is 0 Å². The Balaban J connectivity index is 2.15. The van der Waals surface area contributed by atoms with E-state index in [2.05, 4.69) is 6.92 Å². The second-order valence-corrected chi connectivity index (χ2v) is 6.70. The van der Waals surface area contributed by atoms with Crippen LogP contribution in [-0.2, 0) is 0 Å². The van der Waals surface area contributed by atoms with E-state index in [-0.39, 0.29) is 29.6 Å². The Labute approximate surface area is 132 Å². The van der Waals surface area contributed by atoms with Crippen LogP contribution in [-0.4, -0.2) is 22.6 Å². The van der Waals surface area contributed by atoms with Crippen LogP contribution in [0.3, 0.4) is 0 Å². The molecule has 22 heavy (non-hydrogen) atoms. The predicted octanol–water partition coefficient (Wildman–Crippen LogP) is 4.48. The van der Waals surface area contributed by atoms with Crippen molar-refractivity contribution in [3.05, 3.63) is 17.7 Å². The molecule has 1 aromatic rings. The van der Waals surface area contributed by atoms with Crippen LogP contribution in [0.5, 0.6) is 17.2 Å². The monoisotopic (exact) mass is 306 g/mol. The van der Waals surface area contributed by atoms with Crippen LogP contribution in [0, 0.1) is 0 Å². The fraction of sp³-hybridized carbons (Fsp3) is 0.611. The molecule has 1 unspecified atom stereocenters. The smallest absolute Gasteiger partial charge is 0.174 e. The molecule has 1 aliphatic rings. The van der Waals surface area contributed by atoms with Crippen LogP contribution >= 0.6 is 0 Å². The third-order valence-electron chi connectivity index (χ3n) is 3.86. The Morgan fingerprint density at radius 2 is 2.09 bits per heavy atom. The highest BCUT2D eigenvalue weighted by Gasteiger charge is 2.35. The first-order chi connectivity index (χ1) is 10.3. The number of hydrogen-bond donors (Lipinski definition) is 1. The zero-order valence-corrected chi connectivity index (χ0v) is 13.9. The van der Waals surface area contributed by atoms with Gasteiger partial charge in [0.2, 0.25) is 0 Å². The third-order valence-corrected chi connectivity index (χ3v) is 3.86. The number of fused-ring (bicyclic) bond motifs is 1. The molecule has 4 heteroatoms. The molecule has 1 N–H and O–H groups in total. The zero-order valence-electron chi connectivity index (χ0n) is 13.9. The maximum Gasteiger partial charge on any atom is 0.174 e. The van der Waals surface area contributed by atoms with Crippen LogP contribution in [0.2, 0.25) is 0 Å². The lowest BCUT2D eigenvalue weighted by Crippen LogP contribution is -2.35. The van der Waals surface area contributed by atoms with E-state index in [1.54, 1.807) is 6.07 Å². The lowest BCUT2D eigenvalue weighted by Gasteiger charge is -2.32. The van der Waals surface area contributed by atoms with Crippen LogP contribution in [0.25, 0.3) is 0 Å². The molecule has 0 aliphatic carbocycles. The van der Waals surface area contributed by atoms with Crippen molar-refractivity contribution in [2.24, 2.45) is 0 Å². The summed E-state index contributed by atoms with van der Waals surface area (Å²) in [5.41, 5.74) is -0.285. The Kier molecular flexibility index (Phi) is 4.99. The Morgan fingerprint density at radius 3 is 2.77 bits per heavy atom. The number of carbonyl (C=O) groups excluding carboxylic acids is 1. The van der Waals surface area contributed by atoms with E-state index < -0.39 is 5.60 Å². The molecule has 4 nitrogen and oxygen atoms in total. The van der Waals surface area contributed by atoms with Gasteiger partial charge in [-0.2, -0.15) is 0 Å². The van der Waals surface area contributed by atoms with Crippen molar-refractivity contribution < 1.29 is 19.4 Å². The van der Waals surface area contributed by atoms with Gasteiger partial charge in [-0.25, -0.2) is 0 Å². The Hall–Kier alpha value is -1.71. The molecule has 1 heterocycles. The topological polar surface area (TPSA) is 55.8 Å². The average molecular weight is 306 g/mol. The van der Waals surface area contributed by atoms with Crippen molar-refractivity contribution in [1.29, 1.82) is 0 Å². The zero-order chi connectivity index (χ0) is 16.3. The molecule has 0 amide bonds. The average Bonchev–Trinajstić information content (AvgIpc) is 2.36. The fourth-order valence-electron chi connectivity index (χ4n) is 2.79. The molecule has 0 saturated carbocycles. The van der Waals surface area contributed by atoms with Gasteiger partial charge in [0.15, 0.2) is 5.78 Å². The van der Waals surface area contributed by atoms with Gasteiger partial charge < -0.3 is 14.6 Å². The number of aromatic hydroxyl groups is 1. The number of hydrogen-bond acceptors (Lipinski definition) is 4. The van der Waals surface area contributed by atoms with Crippen molar-refractivity contribution in [3.8, 4) is 17.2 Å². The summed E-state index contributed by atoms with van der Waals surface area (Å²) in [4.78, 5) is 12.1. The molecule has 0 bridgehead atoms. The summed E-state index contributed by atoms with van der Waals surface area (Å²) in [5.74, 6) is 0.808. The lowest BCUT2D eigenvalue weighted by molar-refractivity contribution is 0.0611. The van der Waals surface area contributed by atoms with Crippen molar-refractivity contribution in [1.82, 2.24) is 0 Å². The summed E-state index contributed by atoms with van der Waals surface area (Å²) in [7, 11) is 0. The third kappa shape index (κ3) is 3.93. The van der Waals surface area contributed by atoms with Crippen LogP contribution < -0.4 is 9.47 Å². The van der Waals surface area contributed by atoms with E-state index in [0.717, 1.165) is 12.8 Å². The number of ketones is 1. The largest absolute Gasteiger partial charge is 0.507 e. The molecule has 0 spiro atoms. The van der Waals surface area contributed by atoms with Crippen molar-refractivity contribution in [3.63, 3.8) is 0 Å². The molecular formula is C18H26O4. The van der Waals surface area contributed by atoms with Crippen LogP contribution in [0.15, 0.2) is 12.1 Å². The number of carbonyl (C=O) groups is 1. The maximum atomic E-state index is 12.1. The second kappa shape index (κ2) is 6.59. The van der Waals surface area contributed by atoms with Crippen LogP contribution in [0.1, 0.15) is 70.2 Å². The summed E-state index contributed by atoms with van der Waals surface area (Å²) in [5, 5.41) is 10.1. The van der Waals surface area contributed by atoms with Gasteiger partial charge >= 0.3 is 0 Å². The van der Waals surface area contributed by atoms with Gasteiger partial charge in [0.05, 0.1) is 12.5 Å². The molecule has 0 radical (unpaired) electrons. The number of Topliss-reactive ketones (excluding diaryl/α,β-unsaturated/α-hetero) is 1. The first-order valence-electron chi connectivity index (χ1n) is 8.08. The standard InChI is InChI=1S/C18H26O4/c1-5-6-7-8-12(2)21-13-9-14(19)17-15(20)11-18(3,4)22-16(17)10-13/h9-10,12,19H,5-8,11H2,1-4H3. The minimum Gasteiger partial charge on any atom is -0.507 e. The van der Waals surface area contributed by atoms with E-state index in [4.69, 9.17) is 9.47 Å². The summed E-state index contributed by atoms with van der Waals surface area (Å²) >= 11 is 0. The van der Waals surface area contributed by atoms with Gasteiger partial charge in [0.25, 0.3) is 0 Å². The van der Waals surface area contributed by atoms with Crippen LogP contribution in [0.4, 0.5) is 0 Å². The first kappa shape index (κ1) is 16.7. The normalized spacial score (nSPS) is 17.5. The molecule has 1 aromatic carbocycles. The molecule has 0 saturated heterocycles. The number of ether oxygens (including phenoxy) is 2. The maximum absolute atomic E-state index is 12.1. The highest BCUT2D eigenvalue weighted by atomic mass is 16.5. The first-order valence-corrected chi connectivity index (χ1v) is 8.08. The highest BCUT2D eigenvalue weighted by molar-refractivity contribution is 6.03. The van der Waals surface area contributed by atoms with Gasteiger partial charge in [0.1, 0.15) is 28.4 Å². The van der Waals surface area contributed by atoms with E-state index >= 15 is 0 Å².